The van der Waals surface area contributed by atoms with Crippen molar-refractivity contribution >= 4 is 12.1 Å². The highest BCUT2D eigenvalue weighted by atomic mass is 16.2. The molecule has 1 rings (SSSR count). The third-order valence-corrected chi connectivity index (χ3v) is 1.38. The van der Waals surface area contributed by atoms with E-state index in [2.05, 4.69) is 17.1 Å². The van der Waals surface area contributed by atoms with Crippen molar-refractivity contribution in [3.05, 3.63) is 48.6 Å². The van der Waals surface area contributed by atoms with E-state index in [1.807, 2.05) is 6.07 Å². The Kier molecular flexibility index (Phi) is 3.45. The number of rotatable bonds is 3. The quantitative estimate of drug-likeness (QED) is 0.548. The molecule has 1 aromatic carbocycles. The number of nitrogens with one attached hydrogen (secondary N) is 1. The molecule has 0 aliphatic heterocycles. The van der Waals surface area contributed by atoms with Gasteiger partial charge in [-0.05, 0) is 18.2 Å². The summed E-state index contributed by atoms with van der Waals surface area (Å²) in [5.74, 6) is -0.223. The summed E-state index contributed by atoms with van der Waals surface area (Å²) in [6.07, 6.45) is 2.91. The van der Waals surface area contributed by atoms with Crippen LogP contribution in [0.1, 0.15) is 10.4 Å². The maximum Gasteiger partial charge on any atom is 0.271 e. The summed E-state index contributed by atoms with van der Waals surface area (Å²) in [5, 5.41) is 3.62. The molecule has 0 aliphatic carbocycles. The van der Waals surface area contributed by atoms with Gasteiger partial charge in [-0.1, -0.05) is 24.8 Å². The van der Waals surface area contributed by atoms with Crippen molar-refractivity contribution in [2.24, 2.45) is 5.10 Å². The highest BCUT2D eigenvalue weighted by Gasteiger charge is 2.00. The first kappa shape index (κ1) is 9.19. The smallest absolute Gasteiger partial charge is 0.267 e. The predicted octanol–water partition coefficient (Wildman–Crippen LogP) is 1.59. The van der Waals surface area contributed by atoms with Gasteiger partial charge in [0, 0.05) is 11.8 Å². The second-order valence-corrected chi connectivity index (χ2v) is 2.32. The van der Waals surface area contributed by atoms with Crippen molar-refractivity contribution in [1.29, 1.82) is 0 Å². The Hall–Kier alpha value is -1.90. The zero-order valence-corrected chi connectivity index (χ0v) is 7.10. The molecule has 0 fully saturated rings. The molecular weight excluding hydrogens is 164 g/mol. The minimum Gasteiger partial charge on any atom is -0.267 e. The van der Waals surface area contributed by atoms with Crippen LogP contribution in [0.15, 0.2) is 48.1 Å². The van der Waals surface area contributed by atoms with Crippen LogP contribution in [0, 0.1) is 0 Å². The maximum atomic E-state index is 11.3. The van der Waals surface area contributed by atoms with E-state index in [9.17, 15) is 4.79 Å². The largest absolute Gasteiger partial charge is 0.271 e. The molecule has 0 aliphatic rings. The molecule has 1 N–H and O–H groups in total. The molecule has 0 saturated heterocycles. The molecule has 66 valence electrons. The lowest BCUT2D eigenvalue weighted by atomic mass is 10.2. The summed E-state index contributed by atoms with van der Waals surface area (Å²) in [6, 6.07) is 8.89. The van der Waals surface area contributed by atoms with Crippen LogP contribution in [0.2, 0.25) is 0 Å². The first-order valence-corrected chi connectivity index (χ1v) is 3.84. The number of allylic oxidation sites excluding steroid dienone is 1. The van der Waals surface area contributed by atoms with Crippen LogP contribution in [0.4, 0.5) is 0 Å². The molecule has 0 aromatic heterocycles. The molecule has 0 saturated carbocycles. The molecule has 13 heavy (non-hydrogen) atoms. The van der Waals surface area contributed by atoms with Gasteiger partial charge in [0.05, 0.1) is 0 Å². The average molecular weight is 174 g/mol. The van der Waals surface area contributed by atoms with E-state index in [0.717, 1.165) is 0 Å². The van der Waals surface area contributed by atoms with E-state index in [1.54, 1.807) is 24.3 Å². The second kappa shape index (κ2) is 4.87. The zero-order valence-electron chi connectivity index (χ0n) is 7.10. The normalized spacial score (nSPS) is 9.85. The van der Waals surface area contributed by atoms with E-state index in [-0.39, 0.29) is 5.91 Å². The molecule has 1 aromatic rings. The third kappa shape index (κ3) is 2.91. The van der Waals surface area contributed by atoms with Gasteiger partial charge < -0.3 is 0 Å². The number of hydrogen-bond donors (Lipinski definition) is 1. The maximum absolute atomic E-state index is 11.3. The van der Waals surface area contributed by atoms with Gasteiger partial charge in [-0.2, -0.15) is 5.10 Å². The van der Waals surface area contributed by atoms with Gasteiger partial charge in [0.15, 0.2) is 0 Å². The number of amides is 1. The van der Waals surface area contributed by atoms with Crippen molar-refractivity contribution in [3.8, 4) is 0 Å². The predicted molar refractivity (Wildman–Crippen MR) is 52.6 cm³/mol. The van der Waals surface area contributed by atoms with Crippen molar-refractivity contribution in [2.75, 3.05) is 0 Å². The van der Waals surface area contributed by atoms with Gasteiger partial charge >= 0.3 is 0 Å². The zero-order chi connectivity index (χ0) is 9.52. The van der Waals surface area contributed by atoms with Crippen LogP contribution in [-0.2, 0) is 0 Å². The Morgan fingerprint density at radius 3 is 2.69 bits per heavy atom. The van der Waals surface area contributed by atoms with E-state index < -0.39 is 0 Å². The molecule has 0 radical (unpaired) electrons. The molecule has 0 atom stereocenters. The number of hydrogen-bond acceptors (Lipinski definition) is 2. The van der Waals surface area contributed by atoms with E-state index in [1.165, 1.54) is 12.3 Å². The number of carbonyl (C=O) groups is 1. The summed E-state index contributed by atoms with van der Waals surface area (Å²) in [7, 11) is 0. The number of benzene rings is 1. The van der Waals surface area contributed by atoms with Gasteiger partial charge in [-0.3, -0.25) is 4.79 Å². The fraction of sp³-hybridized carbons (Fsp3) is 0. The Morgan fingerprint density at radius 2 is 2.08 bits per heavy atom. The molecular formula is C10H10N2O. The highest BCUT2D eigenvalue weighted by molar-refractivity contribution is 5.94. The minimum atomic E-state index is -0.223. The van der Waals surface area contributed by atoms with Crippen LogP contribution < -0.4 is 5.43 Å². The standard InChI is InChI=1S/C10H10N2O/c1-2-8-11-12-10(13)9-6-4-3-5-7-9/h2-8H,1H2,(H,12,13). The summed E-state index contributed by atoms with van der Waals surface area (Å²) in [6.45, 7) is 3.43. The van der Waals surface area contributed by atoms with Crippen LogP contribution >= 0.6 is 0 Å². The molecule has 0 spiro atoms. The van der Waals surface area contributed by atoms with Crippen LogP contribution in [-0.4, -0.2) is 12.1 Å². The lowest BCUT2D eigenvalue weighted by Gasteiger charge is -1.97. The average Bonchev–Trinajstić information content (AvgIpc) is 2.19. The van der Waals surface area contributed by atoms with Gasteiger partial charge in [0.1, 0.15) is 0 Å². The summed E-state index contributed by atoms with van der Waals surface area (Å²) >= 11 is 0. The lowest BCUT2D eigenvalue weighted by molar-refractivity contribution is 0.0955. The number of nitrogens with zero attached hydrogens (tertiary/aromatic N) is 1. The monoisotopic (exact) mass is 174 g/mol. The lowest BCUT2D eigenvalue weighted by Crippen LogP contribution is -2.16. The number of hydrazone groups is 1. The van der Waals surface area contributed by atoms with E-state index >= 15 is 0 Å². The van der Waals surface area contributed by atoms with Crippen molar-refractivity contribution in [3.63, 3.8) is 0 Å². The molecule has 0 unspecified atom stereocenters. The highest BCUT2D eigenvalue weighted by Crippen LogP contribution is 1.96. The van der Waals surface area contributed by atoms with Crippen molar-refractivity contribution in [1.82, 2.24) is 5.43 Å². The van der Waals surface area contributed by atoms with Gasteiger partial charge in [0.2, 0.25) is 0 Å². The first-order chi connectivity index (χ1) is 6.34. The van der Waals surface area contributed by atoms with Gasteiger partial charge in [-0.25, -0.2) is 5.43 Å². The summed E-state index contributed by atoms with van der Waals surface area (Å²) in [5.41, 5.74) is 2.95. The Balaban J connectivity index is 2.59. The number of carbonyl (C=O) groups excluding carboxylic acids is 1. The SMILES string of the molecule is C=CC=NNC(=O)c1ccccc1. The van der Waals surface area contributed by atoms with Gasteiger partial charge in [-0.15, -0.1) is 0 Å². The molecule has 3 heteroatoms. The fourth-order valence-corrected chi connectivity index (χ4v) is 0.803. The molecule has 0 heterocycles. The van der Waals surface area contributed by atoms with E-state index in [0.29, 0.717) is 5.56 Å². The molecule has 3 nitrogen and oxygen atoms in total. The summed E-state index contributed by atoms with van der Waals surface area (Å²) < 4.78 is 0. The van der Waals surface area contributed by atoms with Crippen LogP contribution in [0.3, 0.4) is 0 Å². The fourth-order valence-electron chi connectivity index (χ4n) is 0.803. The molecule has 0 bridgehead atoms. The van der Waals surface area contributed by atoms with Crippen molar-refractivity contribution in [2.45, 2.75) is 0 Å². The van der Waals surface area contributed by atoms with Crippen LogP contribution in [0.25, 0.3) is 0 Å². The second-order valence-electron chi connectivity index (χ2n) is 2.32. The Morgan fingerprint density at radius 1 is 1.38 bits per heavy atom. The van der Waals surface area contributed by atoms with Crippen molar-refractivity contribution < 1.29 is 4.79 Å². The molecule has 1 amide bonds. The Labute approximate surface area is 76.8 Å². The first-order valence-electron chi connectivity index (χ1n) is 3.84. The third-order valence-electron chi connectivity index (χ3n) is 1.38. The van der Waals surface area contributed by atoms with Gasteiger partial charge in [0.25, 0.3) is 5.91 Å². The minimum absolute atomic E-state index is 0.223. The Bertz CT molecular complexity index is 317. The topological polar surface area (TPSA) is 41.5 Å². The summed E-state index contributed by atoms with van der Waals surface area (Å²) in [4.78, 5) is 11.3. The van der Waals surface area contributed by atoms with E-state index in [4.69, 9.17) is 0 Å². The van der Waals surface area contributed by atoms with Crippen LogP contribution in [0.5, 0.6) is 0 Å².